The Morgan fingerprint density at radius 2 is 1.89 bits per heavy atom. The Morgan fingerprint density at radius 1 is 1.22 bits per heavy atom. The number of anilines is 1. The summed E-state index contributed by atoms with van der Waals surface area (Å²) in [6.07, 6.45) is 0. The zero-order chi connectivity index (χ0) is 13.3. The largest absolute Gasteiger partial charge is 0.495 e. The quantitative estimate of drug-likeness (QED) is 0.767. The van der Waals surface area contributed by atoms with Gasteiger partial charge in [-0.2, -0.15) is 0 Å². The molecule has 1 aromatic rings. The third kappa shape index (κ3) is 1.92. The lowest BCUT2D eigenvalue weighted by Crippen LogP contribution is -2.36. The molecule has 5 nitrogen and oxygen atoms in total. The summed E-state index contributed by atoms with van der Waals surface area (Å²) >= 11 is 0. The molecule has 0 bridgehead atoms. The van der Waals surface area contributed by atoms with E-state index >= 15 is 0 Å². The minimum absolute atomic E-state index is 0.00107. The van der Waals surface area contributed by atoms with Crippen LogP contribution >= 0.6 is 0 Å². The van der Waals surface area contributed by atoms with Crippen LogP contribution in [0.2, 0.25) is 0 Å². The smallest absolute Gasteiger partial charge is 0.332 e. The SMILES string of the molecule is COc1ccccc1N1C(=O)CN(C(C)C)C1=O. The van der Waals surface area contributed by atoms with Crippen LogP contribution in [-0.2, 0) is 4.79 Å². The molecule has 1 aliphatic heterocycles. The van der Waals surface area contributed by atoms with E-state index in [4.69, 9.17) is 4.74 Å². The van der Waals surface area contributed by atoms with Gasteiger partial charge in [-0.25, -0.2) is 9.69 Å². The van der Waals surface area contributed by atoms with Crippen molar-refractivity contribution < 1.29 is 14.3 Å². The Labute approximate surface area is 106 Å². The second-order valence-electron chi connectivity index (χ2n) is 4.41. The maximum absolute atomic E-state index is 12.2. The number of carbonyl (C=O) groups excluding carboxylic acids is 2. The van der Waals surface area contributed by atoms with Crippen LogP contribution < -0.4 is 9.64 Å². The van der Waals surface area contributed by atoms with Crippen molar-refractivity contribution in [3.63, 3.8) is 0 Å². The molecule has 1 fully saturated rings. The molecule has 0 saturated carbocycles. The van der Waals surface area contributed by atoms with Crippen molar-refractivity contribution in [1.82, 2.24) is 4.90 Å². The second-order valence-corrected chi connectivity index (χ2v) is 4.41. The maximum Gasteiger partial charge on any atom is 0.332 e. The topological polar surface area (TPSA) is 49.9 Å². The Balaban J connectivity index is 2.39. The minimum Gasteiger partial charge on any atom is -0.495 e. The van der Waals surface area contributed by atoms with Gasteiger partial charge in [-0.3, -0.25) is 4.79 Å². The van der Waals surface area contributed by atoms with E-state index in [1.807, 2.05) is 13.8 Å². The van der Waals surface area contributed by atoms with Gasteiger partial charge in [0.2, 0.25) is 0 Å². The number of carbonyl (C=O) groups is 2. The van der Waals surface area contributed by atoms with Crippen molar-refractivity contribution in [2.45, 2.75) is 19.9 Å². The number of para-hydroxylation sites is 2. The Morgan fingerprint density at radius 3 is 2.44 bits per heavy atom. The summed E-state index contributed by atoms with van der Waals surface area (Å²) in [6.45, 7) is 3.89. The molecule has 5 heteroatoms. The molecule has 1 aromatic carbocycles. The Bertz CT molecular complexity index is 485. The van der Waals surface area contributed by atoms with Crippen LogP contribution in [0.15, 0.2) is 24.3 Å². The lowest BCUT2D eigenvalue weighted by atomic mass is 10.2. The van der Waals surface area contributed by atoms with Gasteiger partial charge in [0.05, 0.1) is 12.8 Å². The molecule has 1 saturated heterocycles. The molecule has 0 aromatic heterocycles. The molecule has 0 aliphatic carbocycles. The lowest BCUT2D eigenvalue weighted by Gasteiger charge is -2.21. The maximum atomic E-state index is 12.2. The molecule has 0 radical (unpaired) electrons. The van der Waals surface area contributed by atoms with Crippen LogP contribution in [0.3, 0.4) is 0 Å². The first-order chi connectivity index (χ1) is 8.56. The number of rotatable bonds is 3. The Kier molecular flexibility index (Phi) is 3.23. The molecule has 18 heavy (non-hydrogen) atoms. The van der Waals surface area contributed by atoms with Gasteiger partial charge in [0, 0.05) is 6.04 Å². The highest BCUT2D eigenvalue weighted by molar-refractivity contribution is 6.20. The van der Waals surface area contributed by atoms with E-state index in [-0.39, 0.29) is 24.5 Å². The average molecular weight is 248 g/mol. The predicted octanol–water partition coefficient (Wildman–Crippen LogP) is 1.87. The highest BCUT2D eigenvalue weighted by atomic mass is 16.5. The van der Waals surface area contributed by atoms with E-state index in [0.29, 0.717) is 11.4 Å². The number of nitrogens with zero attached hydrogens (tertiary/aromatic N) is 2. The number of amides is 3. The van der Waals surface area contributed by atoms with E-state index in [1.54, 1.807) is 24.3 Å². The summed E-state index contributed by atoms with van der Waals surface area (Å²) in [5.74, 6) is 0.294. The summed E-state index contributed by atoms with van der Waals surface area (Å²) < 4.78 is 5.19. The van der Waals surface area contributed by atoms with Gasteiger partial charge in [-0.15, -0.1) is 0 Å². The highest BCUT2D eigenvalue weighted by Gasteiger charge is 2.39. The molecule has 0 spiro atoms. The van der Waals surface area contributed by atoms with Crippen LogP contribution in [0, 0.1) is 0 Å². The summed E-state index contributed by atoms with van der Waals surface area (Å²) in [4.78, 5) is 26.9. The zero-order valence-corrected chi connectivity index (χ0v) is 10.7. The van der Waals surface area contributed by atoms with Gasteiger partial charge in [-0.05, 0) is 26.0 Å². The monoisotopic (exact) mass is 248 g/mol. The highest BCUT2D eigenvalue weighted by Crippen LogP contribution is 2.31. The summed E-state index contributed by atoms with van der Waals surface area (Å²) in [7, 11) is 1.52. The number of methoxy groups -OCH3 is 1. The van der Waals surface area contributed by atoms with E-state index in [2.05, 4.69) is 0 Å². The van der Waals surface area contributed by atoms with E-state index in [1.165, 1.54) is 16.9 Å². The number of hydrogen-bond donors (Lipinski definition) is 0. The van der Waals surface area contributed by atoms with Crippen molar-refractivity contribution in [3.05, 3.63) is 24.3 Å². The first-order valence-electron chi connectivity index (χ1n) is 5.83. The van der Waals surface area contributed by atoms with Gasteiger partial charge < -0.3 is 9.64 Å². The van der Waals surface area contributed by atoms with E-state index in [0.717, 1.165) is 0 Å². The van der Waals surface area contributed by atoms with Crippen molar-refractivity contribution in [2.75, 3.05) is 18.6 Å². The Hall–Kier alpha value is -2.04. The molecule has 1 aliphatic rings. The van der Waals surface area contributed by atoms with Crippen LogP contribution in [0.5, 0.6) is 5.75 Å². The van der Waals surface area contributed by atoms with E-state index < -0.39 is 0 Å². The first kappa shape index (κ1) is 12.4. The fraction of sp³-hybridized carbons (Fsp3) is 0.385. The molecule has 2 rings (SSSR count). The number of hydrogen-bond acceptors (Lipinski definition) is 3. The molecule has 1 heterocycles. The van der Waals surface area contributed by atoms with Crippen molar-refractivity contribution in [2.24, 2.45) is 0 Å². The molecular formula is C13H16N2O3. The second kappa shape index (κ2) is 4.68. The van der Waals surface area contributed by atoms with Crippen LogP contribution in [0.1, 0.15) is 13.8 Å². The number of ether oxygens (including phenoxy) is 1. The molecule has 0 atom stereocenters. The van der Waals surface area contributed by atoms with Gasteiger partial charge in [0.15, 0.2) is 0 Å². The number of imide groups is 1. The fourth-order valence-corrected chi connectivity index (χ4v) is 1.97. The minimum atomic E-state index is -0.292. The average Bonchev–Trinajstić information content (AvgIpc) is 2.65. The van der Waals surface area contributed by atoms with E-state index in [9.17, 15) is 9.59 Å². The van der Waals surface area contributed by atoms with Crippen molar-refractivity contribution in [1.29, 1.82) is 0 Å². The van der Waals surface area contributed by atoms with Crippen molar-refractivity contribution in [3.8, 4) is 5.75 Å². The third-order valence-corrected chi connectivity index (χ3v) is 2.94. The zero-order valence-electron chi connectivity index (χ0n) is 10.7. The molecule has 0 unspecified atom stereocenters. The normalized spacial score (nSPS) is 15.8. The molecule has 0 N–H and O–H groups in total. The summed E-state index contributed by atoms with van der Waals surface area (Å²) in [5.41, 5.74) is 0.498. The van der Waals surface area contributed by atoms with Crippen molar-refractivity contribution >= 4 is 17.6 Å². The van der Waals surface area contributed by atoms with Gasteiger partial charge in [-0.1, -0.05) is 12.1 Å². The predicted molar refractivity (Wildman–Crippen MR) is 67.7 cm³/mol. The summed E-state index contributed by atoms with van der Waals surface area (Å²) in [6, 6.07) is 6.72. The van der Waals surface area contributed by atoms with Crippen LogP contribution in [0.25, 0.3) is 0 Å². The molecule has 96 valence electrons. The number of benzene rings is 1. The standard InChI is InChI=1S/C13H16N2O3/c1-9(2)14-8-12(16)15(13(14)17)10-6-4-5-7-11(10)18-3/h4-7,9H,8H2,1-3H3. The molecule has 3 amide bonds. The van der Waals surface area contributed by atoms with Gasteiger partial charge >= 0.3 is 6.03 Å². The van der Waals surface area contributed by atoms with Gasteiger partial charge in [0.1, 0.15) is 12.3 Å². The number of urea groups is 1. The lowest BCUT2D eigenvalue weighted by molar-refractivity contribution is -0.116. The third-order valence-electron chi connectivity index (χ3n) is 2.94. The first-order valence-corrected chi connectivity index (χ1v) is 5.83. The van der Waals surface area contributed by atoms with Crippen LogP contribution in [-0.4, -0.2) is 36.5 Å². The van der Waals surface area contributed by atoms with Gasteiger partial charge in [0.25, 0.3) is 5.91 Å². The summed E-state index contributed by atoms with van der Waals surface area (Å²) in [5, 5.41) is 0. The van der Waals surface area contributed by atoms with Crippen LogP contribution in [0.4, 0.5) is 10.5 Å². The molecular weight excluding hydrogens is 232 g/mol. The fourth-order valence-electron chi connectivity index (χ4n) is 1.97.